The molecule has 1 unspecified atom stereocenters. The van der Waals surface area contributed by atoms with Crippen LogP contribution in [-0.2, 0) is 13.2 Å². The van der Waals surface area contributed by atoms with Crippen LogP contribution in [0.15, 0.2) is 42.9 Å². The zero-order valence-electron chi connectivity index (χ0n) is 14.9. The Hall–Kier alpha value is -3.17. The highest BCUT2D eigenvalue weighted by Crippen LogP contribution is 2.40. The summed E-state index contributed by atoms with van der Waals surface area (Å²) in [5.41, 5.74) is -0.600. The van der Waals surface area contributed by atoms with Crippen molar-refractivity contribution >= 4 is 5.91 Å². The quantitative estimate of drug-likeness (QED) is 0.727. The summed E-state index contributed by atoms with van der Waals surface area (Å²) in [6, 6.07) is 4.43. The van der Waals surface area contributed by atoms with Crippen molar-refractivity contribution in [1.82, 2.24) is 29.9 Å². The predicted molar refractivity (Wildman–Crippen MR) is 92.5 cm³/mol. The highest BCUT2D eigenvalue weighted by molar-refractivity contribution is 5.92. The summed E-state index contributed by atoms with van der Waals surface area (Å²) in [7, 11) is 1.85. The first-order valence-corrected chi connectivity index (χ1v) is 8.71. The molecule has 1 fully saturated rings. The summed E-state index contributed by atoms with van der Waals surface area (Å²) in [4.78, 5) is 16.9. The maximum absolute atomic E-state index is 12.9. The minimum atomic E-state index is -4.46. The lowest BCUT2D eigenvalue weighted by Gasteiger charge is -2.17. The second-order valence-electron chi connectivity index (χ2n) is 6.78. The van der Waals surface area contributed by atoms with Crippen LogP contribution in [0, 0.1) is 5.92 Å². The minimum absolute atomic E-state index is 0.0253. The number of alkyl halides is 3. The van der Waals surface area contributed by atoms with Crippen LogP contribution in [0.1, 0.15) is 40.8 Å². The number of hydrogen-bond acceptors (Lipinski definition) is 4. The number of nitrogens with one attached hydrogen (secondary N) is 1. The Balaban J connectivity index is 1.54. The van der Waals surface area contributed by atoms with Crippen LogP contribution in [0.3, 0.4) is 0 Å². The summed E-state index contributed by atoms with van der Waals surface area (Å²) in [6.07, 6.45) is 2.31. The van der Waals surface area contributed by atoms with Gasteiger partial charge >= 0.3 is 6.18 Å². The molecule has 1 saturated carbocycles. The number of aromatic nitrogens is 5. The molecule has 4 rings (SSSR count). The molecule has 1 atom stereocenters. The summed E-state index contributed by atoms with van der Waals surface area (Å²) in [5, 5.41) is 10.5. The number of rotatable bonds is 5. The second kappa shape index (κ2) is 6.77. The number of imidazole rings is 1. The maximum Gasteiger partial charge on any atom is 0.416 e. The van der Waals surface area contributed by atoms with E-state index in [4.69, 9.17) is 0 Å². The Morgan fingerprint density at radius 2 is 2.11 bits per heavy atom. The summed E-state index contributed by atoms with van der Waals surface area (Å²) in [5.74, 6) is 0.614. The Kier molecular flexibility index (Phi) is 4.40. The zero-order chi connectivity index (χ0) is 19.9. The molecule has 28 heavy (non-hydrogen) atoms. The van der Waals surface area contributed by atoms with E-state index >= 15 is 0 Å². The fourth-order valence-corrected chi connectivity index (χ4v) is 3.03. The van der Waals surface area contributed by atoms with Gasteiger partial charge in [-0.2, -0.15) is 13.2 Å². The van der Waals surface area contributed by atoms with Gasteiger partial charge in [-0.15, -0.1) is 5.10 Å². The Morgan fingerprint density at radius 3 is 2.75 bits per heavy atom. The van der Waals surface area contributed by atoms with E-state index in [1.165, 1.54) is 18.3 Å². The second-order valence-corrected chi connectivity index (χ2v) is 6.78. The molecule has 0 aliphatic heterocycles. The van der Waals surface area contributed by atoms with E-state index in [9.17, 15) is 18.0 Å². The van der Waals surface area contributed by atoms with Crippen LogP contribution in [0.4, 0.5) is 13.2 Å². The van der Waals surface area contributed by atoms with Gasteiger partial charge in [0.15, 0.2) is 5.69 Å². The van der Waals surface area contributed by atoms with Gasteiger partial charge < -0.3 is 9.88 Å². The third-order valence-corrected chi connectivity index (χ3v) is 4.68. The number of benzene rings is 1. The smallest absolute Gasteiger partial charge is 0.340 e. The third kappa shape index (κ3) is 3.62. The Bertz CT molecular complexity index is 1000. The van der Waals surface area contributed by atoms with Gasteiger partial charge in [0.05, 0.1) is 23.5 Å². The Morgan fingerprint density at radius 1 is 1.32 bits per heavy atom. The van der Waals surface area contributed by atoms with Gasteiger partial charge in [-0.05, 0) is 37.0 Å². The fourth-order valence-electron chi connectivity index (χ4n) is 3.03. The van der Waals surface area contributed by atoms with Crippen molar-refractivity contribution in [3.63, 3.8) is 0 Å². The van der Waals surface area contributed by atoms with E-state index in [1.807, 2.05) is 11.6 Å². The fraction of sp³-hybridized carbons (Fsp3) is 0.333. The van der Waals surface area contributed by atoms with Gasteiger partial charge in [-0.3, -0.25) is 4.79 Å². The lowest BCUT2D eigenvalue weighted by atomic mass is 10.1. The number of hydrogen-bond donors (Lipinski definition) is 1. The molecule has 2 heterocycles. The molecule has 7 nitrogen and oxygen atoms in total. The average molecular weight is 390 g/mol. The van der Waals surface area contributed by atoms with Crippen LogP contribution in [0.5, 0.6) is 0 Å². The number of halogens is 3. The summed E-state index contributed by atoms with van der Waals surface area (Å²) < 4.78 is 41.7. The van der Waals surface area contributed by atoms with Crippen molar-refractivity contribution in [2.75, 3.05) is 0 Å². The van der Waals surface area contributed by atoms with Crippen molar-refractivity contribution < 1.29 is 18.0 Å². The van der Waals surface area contributed by atoms with Gasteiger partial charge in [0.1, 0.15) is 5.82 Å². The van der Waals surface area contributed by atoms with Crippen molar-refractivity contribution in [3.8, 4) is 5.69 Å². The average Bonchev–Trinajstić information content (AvgIpc) is 3.21. The maximum atomic E-state index is 12.9. The largest absolute Gasteiger partial charge is 0.416 e. The molecule has 3 aromatic rings. The topological polar surface area (TPSA) is 77.6 Å². The van der Waals surface area contributed by atoms with E-state index in [-0.39, 0.29) is 17.4 Å². The highest BCUT2D eigenvalue weighted by Gasteiger charge is 2.36. The normalized spacial score (nSPS) is 15.4. The number of carbonyl (C=O) groups is 1. The molecule has 0 radical (unpaired) electrons. The molecule has 146 valence electrons. The number of carbonyl (C=O) groups excluding carboxylic acids is 1. The number of aryl methyl sites for hydroxylation is 1. The van der Waals surface area contributed by atoms with Gasteiger partial charge in [0.2, 0.25) is 0 Å². The summed E-state index contributed by atoms with van der Waals surface area (Å²) >= 11 is 0. The number of nitrogens with zero attached hydrogens (tertiary/aromatic N) is 5. The van der Waals surface area contributed by atoms with E-state index < -0.39 is 17.6 Å². The first kappa shape index (κ1) is 18.2. The van der Waals surface area contributed by atoms with Gasteiger partial charge in [0, 0.05) is 19.4 Å². The molecular weight excluding hydrogens is 373 g/mol. The summed E-state index contributed by atoms with van der Waals surface area (Å²) in [6.45, 7) is 0. The minimum Gasteiger partial charge on any atom is -0.340 e. The van der Waals surface area contributed by atoms with E-state index in [2.05, 4.69) is 20.6 Å². The van der Waals surface area contributed by atoms with E-state index in [0.29, 0.717) is 5.92 Å². The van der Waals surface area contributed by atoms with Crippen molar-refractivity contribution in [2.45, 2.75) is 25.1 Å². The molecule has 0 bridgehead atoms. The monoisotopic (exact) mass is 390 g/mol. The molecule has 1 aliphatic rings. The molecule has 1 amide bonds. The SMILES string of the molecule is Cn1ccnc1C(NC(=O)c1cn(-c2cccc(C(F)(F)F)c2)nn1)C1CC1. The molecular formula is C18H17F3N6O. The first-order valence-electron chi connectivity index (χ1n) is 8.71. The van der Waals surface area contributed by atoms with E-state index in [0.717, 1.165) is 35.5 Å². The van der Waals surface area contributed by atoms with Crippen molar-refractivity contribution in [1.29, 1.82) is 0 Å². The van der Waals surface area contributed by atoms with Crippen LogP contribution in [0.25, 0.3) is 5.69 Å². The lowest BCUT2D eigenvalue weighted by molar-refractivity contribution is -0.137. The molecule has 0 spiro atoms. The van der Waals surface area contributed by atoms with E-state index in [1.54, 1.807) is 12.4 Å². The molecule has 0 saturated heterocycles. The standard InChI is InChI=1S/C18H17F3N6O/c1-26-8-7-22-16(26)15(11-5-6-11)23-17(28)14-10-27(25-24-14)13-4-2-3-12(9-13)18(19,20)21/h2-4,7-11,15H,5-6H2,1H3,(H,23,28). The molecule has 1 N–H and O–H groups in total. The van der Waals surface area contributed by atoms with Gasteiger partial charge in [0.25, 0.3) is 5.91 Å². The van der Waals surface area contributed by atoms with Crippen molar-refractivity contribution in [2.24, 2.45) is 13.0 Å². The third-order valence-electron chi connectivity index (χ3n) is 4.68. The van der Waals surface area contributed by atoms with Crippen LogP contribution < -0.4 is 5.32 Å². The van der Waals surface area contributed by atoms with Crippen LogP contribution in [0.2, 0.25) is 0 Å². The Labute approximate surface area is 158 Å². The van der Waals surface area contributed by atoms with Gasteiger partial charge in [-0.1, -0.05) is 11.3 Å². The molecule has 1 aliphatic carbocycles. The zero-order valence-corrected chi connectivity index (χ0v) is 14.9. The first-order chi connectivity index (χ1) is 13.3. The lowest BCUT2D eigenvalue weighted by Crippen LogP contribution is -2.31. The highest BCUT2D eigenvalue weighted by atomic mass is 19.4. The molecule has 10 heteroatoms. The number of amides is 1. The molecule has 1 aromatic carbocycles. The van der Waals surface area contributed by atoms with Gasteiger partial charge in [-0.25, -0.2) is 9.67 Å². The van der Waals surface area contributed by atoms with Crippen LogP contribution >= 0.6 is 0 Å². The van der Waals surface area contributed by atoms with Crippen molar-refractivity contribution in [3.05, 3.63) is 59.9 Å². The van der Waals surface area contributed by atoms with Crippen LogP contribution in [-0.4, -0.2) is 30.5 Å². The predicted octanol–water partition coefficient (Wildman–Crippen LogP) is 2.90. The molecule has 2 aromatic heterocycles.